The molecule has 34 heavy (non-hydrogen) atoms. The SMILES string of the molecule is c1ccc(P(Oc2nccnc2OP(c2ccccc2)c2ccccc2)c2ccccc2)cc1. The number of hydrogen-bond acceptors (Lipinski definition) is 4. The van der Waals surface area contributed by atoms with Gasteiger partial charge in [0.05, 0.1) is 0 Å². The quantitative estimate of drug-likeness (QED) is 0.282. The molecule has 0 aliphatic rings. The van der Waals surface area contributed by atoms with Crippen molar-refractivity contribution in [2.75, 3.05) is 0 Å². The summed E-state index contributed by atoms with van der Waals surface area (Å²) >= 11 is 0. The van der Waals surface area contributed by atoms with E-state index < -0.39 is 16.3 Å². The van der Waals surface area contributed by atoms with Gasteiger partial charge in [-0.1, -0.05) is 121 Å². The van der Waals surface area contributed by atoms with Crippen LogP contribution in [-0.4, -0.2) is 9.97 Å². The van der Waals surface area contributed by atoms with Crippen molar-refractivity contribution in [1.82, 2.24) is 9.97 Å². The Morgan fingerprint density at radius 3 is 0.912 bits per heavy atom. The summed E-state index contributed by atoms with van der Waals surface area (Å²) in [6.45, 7) is 0. The number of hydrogen-bond donors (Lipinski definition) is 0. The highest BCUT2D eigenvalue weighted by atomic mass is 31.1. The molecule has 0 N–H and O–H groups in total. The van der Waals surface area contributed by atoms with E-state index in [4.69, 9.17) is 9.05 Å². The van der Waals surface area contributed by atoms with Crippen molar-refractivity contribution in [2.45, 2.75) is 0 Å². The molecule has 5 rings (SSSR count). The van der Waals surface area contributed by atoms with Crippen molar-refractivity contribution < 1.29 is 9.05 Å². The normalized spacial score (nSPS) is 10.9. The van der Waals surface area contributed by atoms with Gasteiger partial charge >= 0.3 is 0 Å². The molecule has 0 bridgehead atoms. The monoisotopic (exact) mass is 480 g/mol. The Morgan fingerprint density at radius 2 is 0.647 bits per heavy atom. The fraction of sp³-hybridized carbons (Fsp3) is 0. The maximum absolute atomic E-state index is 6.57. The Hall–Kier alpha value is -3.58. The summed E-state index contributed by atoms with van der Waals surface area (Å²) in [4.78, 5) is 9.05. The minimum atomic E-state index is -1.15. The van der Waals surface area contributed by atoms with Crippen LogP contribution in [0.1, 0.15) is 0 Å². The first kappa shape index (κ1) is 22.2. The summed E-state index contributed by atoms with van der Waals surface area (Å²) < 4.78 is 13.1. The second-order valence-electron chi connectivity index (χ2n) is 7.28. The van der Waals surface area contributed by atoms with Gasteiger partial charge in [-0.25, -0.2) is 9.97 Å². The van der Waals surface area contributed by atoms with E-state index in [2.05, 4.69) is 58.5 Å². The Labute approximate surface area is 201 Å². The van der Waals surface area contributed by atoms with Crippen LogP contribution in [0.25, 0.3) is 0 Å². The lowest BCUT2D eigenvalue weighted by Crippen LogP contribution is -2.18. The van der Waals surface area contributed by atoms with Gasteiger partial charge in [-0.3, -0.25) is 0 Å². The van der Waals surface area contributed by atoms with Crippen LogP contribution in [0.2, 0.25) is 0 Å². The third kappa shape index (κ3) is 5.31. The molecule has 0 radical (unpaired) electrons. The minimum Gasteiger partial charge on any atom is -0.443 e. The van der Waals surface area contributed by atoms with E-state index in [1.807, 2.05) is 72.8 Å². The highest BCUT2D eigenvalue weighted by Crippen LogP contribution is 2.43. The average molecular weight is 480 g/mol. The van der Waals surface area contributed by atoms with Gasteiger partial charge in [0.15, 0.2) is 16.3 Å². The molecule has 0 spiro atoms. The van der Waals surface area contributed by atoms with Crippen molar-refractivity contribution in [3.8, 4) is 11.8 Å². The Morgan fingerprint density at radius 1 is 0.382 bits per heavy atom. The molecule has 6 heteroatoms. The average Bonchev–Trinajstić information content (AvgIpc) is 2.93. The topological polar surface area (TPSA) is 44.2 Å². The van der Waals surface area contributed by atoms with E-state index in [-0.39, 0.29) is 0 Å². The lowest BCUT2D eigenvalue weighted by atomic mass is 10.4. The van der Waals surface area contributed by atoms with Crippen LogP contribution < -0.4 is 30.3 Å². The first-order valence-electron chi connectivity index (χ1n) is 10.9. The number of aromatic nitrogens is 2. The first-order chi connectivity index (χ1) is 16.9. The lowest BCUT2D eigenvalue weighted by molar-refractivity contribution is 0.516. The number of benzene rings is 4. The zero-order chi connectivity index (χ0) is 23.0. The first-order valence-corrected chi connectivity index (χ1v) is 13.4. The van der Waals surface area contributed by atoms with Crippen LogP contribution in [0.3, 0.4) is 0 Å². The predicted octanol–water partition coefficient (Wildman–Crippen LogP) is 5.33. The summed E-state index contributed by atoms with van der Waals surface area (Å²) in [6, 6.07) is 40.8. The maximum atomic E-state index is 6.57. The molecule has 0 saturated carbocycles. The smallest absolute Gasteiger partial charge is 0.281 e. The molecule has 166 valence electrons. The molecule has 0 amide bonds. The van der Waals surface area contributed by atoms with Gasteiger partial charge in [-0.15, -0.1) is 0 Å². The molecule has 5 aromatic rings. The van der Waals surface area contributed by atoms with Crippen molar-refractivity contribution in [1.29, 1.82) is 0 Å². The molecule has 0 aliphatic heterocycles. The van der Waals surface area contributed by atoms with Gasteiger partial charge in [0.1, 0.15) is 0 Å². The molecule has 0 aliphatic carbocycles. The molecular formula is C28H22N2O2P2. The van der Waals surface area contributed by atoms with Gasteiger partial charge in [-0.05, 0) is 0 Å². The van der Waals surface area contributed by atoms with E-state index in [1.165, 1.54) is 0 Å². The molecule has 0 fully saturated rings. The van der Waals surface area contributed by atoms with E-state index in [0.29, 0.717) is 11.8 Å². The summed E-state index contributed by atoms with van der Waals surface area (Å²) in [5, 5.41) is 4.37. The Bertz CT molecular complexity index is 1120. The molecular weight excluding hydrogens is 458 g/mol. The van der Waals surface area contributed by atoms with E-state index in [9.17, 15) is 0 Å². The molecule has 4 nitrogen and oxygen atoms in total. The van der Waals surface area contributed by atoms with Crippen LogP contribution in [0.4, 0.5) is 0 Å². The molecule has 0 atom stereocenters. The molecule has 1 aromatic heterocycles. The van der Waals surface area contributed by atoms with Crippen molar-refractivity contribution in [2.24, 2.45) is 0 Å². The van der Waals surface area contributed by atoms with Crippen LogP contribution in [0.15, 0.2) is 134 Å². The highest BCUT2D eigenvalue weighted by molar-refractivity contribution is 7.69. The predicted molar refractivity (Wildman–Crippen MR) is 141 cm³/mol. The van der Waals surface area contributed by atoms with E-state index in [0.717, 1.165) is 21.2 Å². The largest absolute Gasteiger partial charge is 0.443 e. The van der Waals surface area contributed by atoms with Crippen LogP contribution >= 0.6 is 16.3 Å². The van der Waals surface area contributed by atoms with E-state index >= 15 is 0 Å². The fourth-order valence-corrected chi connectivity index (χ4v) is 6.76. The third-order valence-corrected chi connectivity index (χ3v) is 8.73. The zero-order valence-electron chi connectivity index (χ0n) is 18.3. The van der Waals surface area contributed by atoms with Crippen molar-refractivity contribution >= 4 is 37.5 Å². The van der Waals surface area contributed by atoms with Gasteiger partial charge in [0.25, 0.3) is 11.8 Å². The van der Waals surface area contributed by atoms with Crippen LogP contribution in [0, 0.1) is 0 Å². The molecule has 4 aromatic carbocycles. The Kier molecular flexibility index (Phi) is 7.21. The number of nitrogens with zero attached hydrogens (tertiary/aromatic N) is 2. The molecule has 0 unspecified atom stereocenters. The second-order valence-corrected chi connectivity index (χ2v) is 10.9. The zero-order valence-corrected chi connectivity index (χ0v) is 20.1. The standard InChI is InChI=1S/C28H22N2O2P2/c1-5-13-23(14-6-1)33(24-15-7-2-8-16-24)31-27-28(30-22-21-29-27)32-34(25-17-9-3-10-18-25)26-19-11-4-12-20-26/h1-22H. The summed E-state index contributed by atoms with van der Waals surface area (Å²) in [6.07, 6.45) is 3.28. The fourth-order valence-electron chi connectivity index (χ4n) is 3.37. The van der Waals surface area contributed by atoms with Gasteiger partial charge < -0.3 is 9.05 Å². The summed E-state index contributed by atoms with van der Waals surface area (Å²) in [7, 11) is -2.30. The summed E-state index contributed by atoms with van der Waals surface area (Å²) in [5.74, 6) is 0.779. The highest BCUT2D eigenvalue weighted by Gasteiger charge is 2.24. The van der Waals surface area contributed by atoms with E-state index in [1.54, 1.807) is 12.4 Å². The minimum absolute atomic E-state index is 0.390. The van der Waals surface area contributed by atoms with Crippen molar-refractivity contribution in [3.05, 3.63) is 134 Å². The second kappa shape index (κ2) is 11.0. The molecule has 0 saturated heterocycles. The van der Waals surface area contributed by atoms with Gasteiger partial charge in [0.2, 0.25) is 0 Å². The van der Waals surface area contributed by atoms with Crippen LogP contribution in [-0.2, 0) is 0 Å². The number of rotatable bonds is 8. The third-order valence-electron chi connectivity index (χ3n) is 4.95. The van der Waals surface area contributed by atoms with Crippen LogP contribution in [0.5, 0.6) is 11.8 Å². The van der Waals surface area contributed by atoms with Crippen molar-refractivity contribution in [3.63, 3.8) is 0 Å². The van der Waals surface area contributed by atoms with Gasteiger partial charge in [-0.2, -0.15) is 0 Å². The maximum Gasteiger partial charge on any atom is 0.281 e. The Balaban J connectivity index is 1.51. The summed E-state index contributed by atoms with van der Waals surface area (Å²) in [5.41, 5.74) is 0. The van der Waals surface area contributed by atoms with Gasteiger partial charge in [0, 0.05) is 33.6 Å². The molecule has 1 heterocycles. The lowest BCUT2D eigenvalue weighted by Gasteiger charge is -2.22.